The second-order valence-corrected chi connectivity index (χ2v) is 8.65. The molecule has 2 aromatic carbocycles. The zero-order chi connectivity index (χ0) is 24.0. The molecule has 33 heavy (non-hydrogen) atoms. The maximum absolute atomic E-state index is 13.9. The third-order valence-electron chi connectivity index (χ3n) is 4.99. The van der Waals surface area contributed by atoms with Gasteiger partial charge in [-0.3, -0.25) is 10.1 Å². The summed E-state index contributed by atoms with van der Waals surface area (Å²) >= 11 is 1.55. The Morgan fingerprint density at radius 3 is 2.55 bits per heavy atom. The molecule has 2 unspecified atom stereocenters. The van der Waals surface area contributed by atoms with Gasteiger partial charge in [-0.25, -0.2) is 9.18 Å². The van der Waals surface area contributed by atoms with Gasteiger partial charge >= 0.3 is 12.1 Å². The molecule has 2 atom stereocenters. The summed E-state index contributed by atoms with van der Waals surface area (Å²) in [6.45, 7) is 4.96. The van der Waals surface area contributed by atoms with E-state index in [1.54, 1.807) is 50.7 Å². The fraction of sp³-hybridized carbons (Fsp3) is 0.292. The van der Waals surface area contributed by atoms with E-state index in [0.29, 0.717) is 34.2 Å². The third-order valence-corrected chi connectivity index (χ3v) is 6.26. The first-order valence-electron chi connectivity index (χ1n) is 10.3. The first kappa shape index (κ1) is 24.3. The summed E-state index contributed by atoms with van der Waals surface area (Å²) < 4.78 is 24.7. The normalized spacial score (nSPS) is 12.7. The van der Waals surface area contributed by atoms with Crippen molar-refractivity contribution in [2.45, 2.75) is 32.6 Å². The van der Waals surface area contributed by atoms with Crippen LogP contribution in [-0.4, -0.2) is 28.1 Å². The van der Waals surface area contributed by atoms with Crippen LogP contribution < -0.4 is 5.32 Å². The van der Waals surface area contributed by atoms with Crippen LogP contribution in [-0.2, 0) is 15.3 Å². The number of ether oxygens (including phenoxy) is 1. The summed E-state index contributed by atoms with van der Waals surface area (Å²) in [6.07, 6.45) is -1.53. The Hall–Kier alpha value is -3.33. The predicted octanol–water partition coefficient (Wildman–Crippen LogP) is 6.05. The van der Waals surface area contributed by atoms with E-state index in [0.717, 1.165) is 5.56 Å². The lowest BCUT2D eigenvalue weighted by Crippen LogP contribution is -2.17. The van der Waals surface area contributed by atoms with Crippen LogP contribution in [0.1, 0.15) is 36.8 Å². The van der Waals surface area contributed by atoms with Gasteiger partial charge in [-0.2, -0.15) is 11.8 Å². The molecular formula is C24H25FN2O5S. The molecule has 7 nitrogen and oxygen atoms in total. The number of hydrogen-bond donors (Lipinski definition) is 2. The summed E-state index contributed by atoms with van der Waals surface area (Å²) in [5, 5.41) is 15.6. The number of aromatic nitrogens is 1. The van der Waals surface area contributed by atoms with Crippen molar-refractivity contribution < 1.29 is 28.3 Å². The van der Waals surface area contributed by atoms with E-state index in [4.69, 9.17) is 14.4 Å². The van der Waals surface area contributed by atoms with Crippen molar-refractivity contribution in [2.75, 3.05) is 11.1 Å². The number of rotatable bonds is 9. The molecule has 9 heteroatoms. The SMILES string of the molecule is Cc1noc(-c2ccc(CSCC(C)C(=O)O)cc2)c1NC(=O)OC(C)c1ccccc1F. The Morgan fingerprint density at radius 2 is 1.88 bits per heavy atom. The topological polar surface area (TPSA) is 102 Å². The average molecular weight is 473 g/mol. The van der Waals surface area contributed by atoms with Gasteiger partial charge in [0.25, 0.3) is 0 Å². The van der Waals surface area contributed by atoms with E-state index in [9.17, 15) is 14.0 Å². The third kappa shape index (κ3) is 6.35. The number of hydrogen-bond acceptors (Lipinski definition) is 6. The molecule has 1 heterocycles. The fourth-order valence-corrected chi connectivity index (χ4v) is 4.09. The van der Waals surface area contributed by atoms with Crippen molar-refractivity contribution >= 4 is 29.5 Å². The fourth-order valence-electron chi connectivity index (χ4n) is 3.05. The van der Waals surface area contributed by atoms with Crippen LogP contribution in [0.3, 0.4) is 0 Å². The number of halogens is 1. The van der Waals surface area contributed by atoms with Crippen LogP contribution in [0.5, 0.6) is 0 Å². The second-order valence-electron chi connectivity index (χ2n) is 7.62. The number of aryl methyl sites for hydroxylation is 1. The summed E-state index contributed by atoms with van der Waals surface area (Å²) in [7, 11) is 0. The van der Waals surface area contributed by atoms with Gasteiger partial charge in [-0.1, -0.05) is 54.5 Å². The van der Waals surface area contributed by atoms with Gasteiger partial charge < -0.3 is 14.4 Å². The first-order chi connectivity index (χ1) is 15.8. The van der Waals surface area contributed by atoms with Gasteiger partial charge in [0.1, 0.15) is 23.3 Å². The molecule has 1 aromatic heterocycles. The number of carbonyl (C=O) groups is 2. The lowest BCUT2D eigenvalue weighted by Gasteiger charge is -2.15. The van der Waals surface area contributed by atoms with E-state index in [1.807, 2.05) is 24.3 Å². The minimum Gasteiger partial charge on any atom is -0.481 e. The zero-order valence-corrected chi connectivity index (χ0v) is 19.3. The molecular weight excluding hydrogens is 447 g/mol. The molecule has 0 bridgehead atoms. The molecule has 3 rings (SSSR count). The minimum atomic E-state index is -0.805. The van der Waals surface area contributed by atoms with Crippen molar-refractivity contribution in [1.82, 2.24) is 5.16 Å². The molecule has 0 saturated heterocycles. The van der Waals surface area contributed by atoms with E-state index >= 15 is 0 Å². The van der Waals surface area contributed by atoms with Crippen molar-refractivity contribution in [2.24, 2.45) is 5.92 Å². The van der Waals surface area contributed by atoms with Crippen LogP contribution in [0.2, 0.25) is 0 Å². The van der Waals surface area contributed by atoms with Gasteiger partial charge in [0.15, 0.2) is 5.76 Å². The van der Waals surface area contributed by atoms with Crippen molar-refractivity contribution in [3.8, 4) is 11.3 Å². The highest BCUT2D eigenvalue weighted by molar-refractivity contribution is 7.98. The van der Waals surface area contributed by atoms with Crippen molar-refractivity contribution in [1.29, 1.82) is 0 Å². The molecule has 0 aliphatic carbocycles. The molecule has 3 aromatic rings. The van der Waals surface area contributed by atoms with Gasteiger partial charge in [0.05, 0.1) is 5.92 Å². The maximum atomic E-state index is 13.9. The Bertz CT molecular complexity index is 1120. The van der Waals surface area contributed by atoms with Crippen LogP contribution in [0.25, 0.3) is 11.3 Å². The molecule has 0 aliphatic rings. The van der Waals surface area contributed by atoms with Crippen molar-refractivity contribution in [3.63, 3.8) is 0 Å². The number of carboxylic acids is 1. The summed E-state index contributed by atoms with van der Waals surface area (Å²) in [4.78, 5) is 23.4. The van der Waals surface area contributed by atoms with E-state index in [2.05, 4.69) is 10.5 Å². The highest BCUT2D eigenvalue weighted by atomic mass is 32.2. The quantitative estimate of drug-likeness (QED) is 0.391. The standard InChI is InChI=1S/C24H25FN2O5S/c1-14(23(28)29)12-33-13-17-8-10-18(11-9-17)22-21(15(2)27-32-22)26-24(30)31-16(3)19-6-4-5-7-20(19)25/h4-11,14,16H,12-13H2,1-3H3,(H,26,30)(H,28,29). The predicted molar refractivity (Wildman–Crippen MR) is 125 cm³/mol. The molecule has 0 spiro atoms. The maximum Gasteiger partial charge on any atom is 0.412 e. The Kier molecular flexibility index (Phi) is 8.11. The van der Waals surface area contributed by atoms with Gasteiger partial charge in [-0.15, -0.1) is 0 Å². The number of aliphatic carboxylic acids is 1. The van der Waals surface area contributed by atoms with Crippen molar-refractivity contribution in [3.05, 3.63) is 71.2 Å². The summed E-state index contributed by atoms with van der Waals surface area (Å²) in [5.41, 5.74) is 2.87. The number of nitrogens with zero attached hydrogens (tertiary/aromatic N) is 1. The smallest absolute Gasteiger partial charge is 0.412 e. The Labute approximate surface area is 195 Å². The van der Waals surface area contributed by atoms with Gasteiger partial charge in [0, 0.05) is 22.6 Å². The number of anilines is 1. The number of thioether (sulfide) groups is 1. The molecule has 2 N–H and O–H groups in total. The Balaban J connectivity index is 1.65. The molecule has 0 aliphatic heterocycles. The number of amides is 1. The van der Waals surface area contributed by atoms with Crippen LogP contribution >= 0.6 is 11.8 Å². The minimum absolute atomic E-state index is 0.279. The average Bonchev–Trinajstić information content (AvgIpc) is 3.14. The molecule has 0 fully saturated rings. The highest BCUT2D eigenvalue weighted by Crippen LogP contribution is 2.32. The van der Waals surface area contributed by atoms with Crippen LogP contribution in [0, 0.1) is 18.7 Å². The highest BCUT2D eigenvalue weighted by Gasteiger charge is 2.21. The molecule has 0 radical (unpaired) electrons. The molecule has 1 amide bonds. The molecule has 174 valence electrons. The van der Waals surface area contributed by atoms with Crippen LogP contribution in [0.15, 0.2) is 53.1 Å². The summed E-state index contributed by atoms with van der Waals surface area (Å²) in [6, 6.07) is 13.6. The molecule has 0 saturated carbocycles. The number of benzene rings is 2. The lowest BCUT2D eigenvalue weighted by atomic mass is 10.1. The number of carboxylic acid groups (broad SMARTS) is 1. The lowest BCUT2D eigenvalue weighted by molar-refractivity contribution is -0.140. The van der Waals surface area contributed by atoms with E-state index in [-0.39, 0.29) is 5.56 Å². The monoisotopic (exact) mass is 472 g/mol. The second kappa shape index (κ2) is 11.0. The first-order valence-corrected chi connectivity index (χ1v) is 11.5. The largest absolute Gasteiger partial charge is 0.481 e. The zero-order valence-electron chi connectivity index (χ0n) is 18.5. The van der Waals surface area contributed by atoms with E-state index < -0.39 is 29.9 Å². The number of carbonyl (C=O) groups excluding carboxylic acids is 1. The van der Waals surface area contributed by atoms with Gasteiger partial charge in [0.2, 0.25) is 0 Å². The number of nitrogens with one attached hydrogen (secondary N) is 1. The van der Waals surface area contributed by atoms with Crippen LogP contribution in [0.4, 0.5) is 14.9 Å². The van der Waals surface area contributed by atoms with Gasteiger partial charge in [-0.05, 0) is 25.5 Å². The van der Waals surface area contributed by atoms with E-state index in [1.165, 1.54) is 6.07 Å². The summed E-state index contributed by atoms with van der Waals surface area (Å²) in [5.74, 6) is -0.0724. The Morgan fingerprint density at radius 1 is 1.18 bits per heavy atom.